The predicted octanol–water partition coefficient (Wildman–Crippen LogP) is 4.65. The Morgan fingerprint density at radius 1 is 1.27 bits per heavy atom. The highest BCUT2D eigenvalue weighted by Gasteiger charge is 2.33. The van der Waals surface area contributed by atoms with Crippen molar-refractivity contribution in [3.63, 3.8) is 0 Å². The van der Waals surface area contributed by atoms with Crippen LogP contribution in [0.3, 0.4) is 0 Å². The van der Waals surface area contributed by atoms with E-state index in [-0.39, 0.29) is 5.69 Å². The number of amides is 1. The molecule has 4 rings (SSSR count). The largest absolute Gasteiger partial charge is 0.491 e. The number of aromatic nitrogens is 3. The Hall–Kier alpha value is -3.14. The molecule has 10 heteroatoms. The van der Waals surface area contributed by atoms with Gasteiger partial charge in [0.15, 0.2) is 0 Å². The first-order chi connectivity index (χ1) is 15.5. The Kier molecular flexibility index (Phi) is 6.04. The average Bonchev–Trinajstić information content (AvgIpc) is 3.48. The van der Waals surface area contributed by atoms with Crippen LogP contribution in [0.5, 0.6) is 5.75 Å². The number of carbonyl (C=O) groups is 1. The first kappa shape index (κ1) is 23.0. The van der Waals surface area contributed by atoms with Gasteiger partial charge in [0.1, 0.15) is 17.1 Å². The summed E-state index contributed by atoms with van der Waals surface area (Å²) >= 11 is 0. The van der Waals surface area contributed by atoms with Gasteiger partial charge in [0, 0.05) is 24.2 Å². The van der Waals surface area contributed by atoms with Crippen LogP contribution >= 0.6 is 0 Å². The summed E-state index contributed by atoms with van der Waals surface area (Å²) in [4.78, 5) is 16.2. The third-order valence-corrected chi connectivity index (χ3v) is 5.30. The number of halogens is 3. The summed E-state index contributed by atoms with van der Waals surface area (Å²) in [6, 6.07) is 6.56. The van der Waals surface area contributed by atoms with Crippen LogP contribution < -0.4 is 10.1 Å². The number of fused-ring (bicyclic) bond motifs is 1. The smallest absolute Gasteiger partial charge is 0.433 e. The molecule has 2 aromatic heterocycles. The van der Waals surface area contributed by atoms with Gasteiger partial charge < -0.3 is 15.2 Å². The molecule has 0 spiro atoms. The van der Waals surface area contributed by atoms with E-state index in [2.05, 4.69) is 15.4 Å². The Bertz CT molecular complexity index is 1160. The third-order valence-electron chi connectivity index (χ3n) is 5.30. The maximum Gasteiger partial charge on any atom is 0.433 e. The molecule has 3 aromatic rings. The zero-order valence-electron chi connectivity index (χ0n) is 18.3. The summed E-state index contributed by atoms with van der Waals surface area (Å²) in [7, 11) is 0. The molecule has 0 bridgehead atoms. The van der Waals surface area contributed by atoms with Gasteiger partial charge in [-0.25, -0.2) is 4.98 Å². The fraction of sp³-hybridized carbons (Fsp3) is 0.435. The third kappa shape index (κ3) is 6.01. The number of alkyl halides is 3. The van der Waals surface area contributed by atoms with Crippen molar-refractivity contribution in [3.8, 4) is 5.75 Å². The van der Waals surface area contributed by atoms with Gasteiger partial charge in [-0.1, -0.05) is 6.07 Å². The van der Waals surface area contributed by atoms with Crippen LogP contribution in [-0.4, -0.2) is 38.0 Å². The van der Waals surface area contributed by atoms with Crippen LogP contribution in [-0.2, 0) is 12.7 Å². The lowest BCUT2D eigenvalue weighted by Gasteiger charge is -2.16. The van der Waals surface area contributed by atoms with Crippen LogP contribution in [0.4, 0.5) is 18.9 Å². The first-order valence-electron chi connectivity index (χ1n) is 10.7. The molecule has 0 atom stereocenters. The Morgan fingerprint density at radius 2 is 2.03 bits per heavy atom. The number of aryl methyl sites for hydroxylation is 1. The van der Waals surface area contributed by atoms with Crippen LogP contribution in [0.1, 0.15) is 49.3 Å². The summed E-state index contributed by atoms with van der Waals surface area (Å²) in [5.41, 5.74) is -1.35. The molecule has 0 unspecified atom stereocenters. The van der Waals surface area contributed by atoms with Crippen LogP contribution in [0.15, 0.2) is 36.5 Å². The van der Waals surface area contributed by atoms with E-state index in [1.54, 1.807) is 36.9 Å². The lowest BCUT2D eigenvalue weighted by Crippen LogP contribution is -2.21. The SMILES string of the molecule is CC(C)(O)CCn1cc2cc(NC(=O)c3cccc(C(F)(F)F)n3)c(OCC3CC3)cc2n1. The molecule has 1 aromatic carbocycles. The van der Waals surface area contributed by atoms with Gasteiger partial charge in [-0.05, 0) is 57.2 Å². The van der Waals surface area contributed by atoms with E-state index in [0.29, 0.717) is 42.4 Å². The topological polar surface area (TPSA) is 89.3 Å². The highest BCUT2D eigenvalue weighted by molar-refractivity contribution is 6.05. The van der Waals surface area contributed by atoms with E-state index in [9.17, 15) is 23.1 Å². The fourth-order valence-electron chi connectivity index (χ4n) is 3.22. The molecule has 1 aliphatic rings. The Morgan fingerprint density at radius 3 is 2.70 bits per heavy atom. The zero-order chi connectivity index (χ0) is 23.8. The summed E-state index contributed by atoms with van der Waals surface area (Å²) in [6.45, 7) is 4.41. The van der Waals surface area contributed by atoms with Crippen molar-refractivity contribution in [2.45, 2.75) is 51.4 Å². The van der Waals surface area contributed by atoms with E-state index in [4.69, 9.17) is 4.74 Å². The molecule has 1 saturated carbocycles. The van der Waals surface area contributed by atoms with Gasteiger partial charge in [0.2, 0.25) is 0 Å². The van der Waals surface area contributed by atoms with E-state index >= 15 is 0 Å². The van der Waals surface area contributed by atoms with Crippen molar-refractivity contribution in [1.82, 2.24) is 14.8 Å². The summed E-state index contributed by atoms with van der Waals surface area (Å²) in [6.07, 6.45) is -0.223. The summed E-state index contributed by atoms with van der Waals surface area (Å²) < 4.78 is 46.5. The van der Waals surface area contributed by atoms with Crippen molar-refractivity contribution in [3.05, 3.63) is 47.9 Å². The molecule has 0 radical (unpaired) electrons. The number of pyridine rings is 1. The molecular formula is C23H25F3N4O3. The monoisotopic (exact) mass is 462 g/mol. The van der Waals surface area contributed by atoms with E-state index in [0.717, 1.165) is 30.4 Å². The van der Waals surface area contributed by atoms with Crippen LogP contribution in [0, 0.1) is 5.92 Å². The molecule has 7 nitrogen and oxygen atoms in total. The van der Waals surface area contributed by atoms with E-state index < -0.39 is 23.4 Å². The van der Waals surface area contributed by atoms with E-state index in [1.165, 1.54) is 6.07 Å². The standard InChI is InChI=1S/C23H25F3N4O3/c1-22(2,32)8-9-30-12-15-10-18(19(11-17(15)29-30)33-13-14-6-7-14)28-21(31)16-4-3-5-20(27-16)23(24,25)26/h3-5,10-12,14,32H,6-9,13H2,1-2H3,(H,28,31). The number of aliphatic hydroxyl groups is 1. The second-order valence-electron chi connectivity index (χ2n) is 8.98. The second-order valence-corrected chi connectivity index (χ2v) is 8.98. The number of benzene rings is 1. The van der Waals surface area contributed by atoms with Crippen molar-refractivity contribution in [1.29, 1.82) is 0 Å². The Labute approximate surface area is 188 Å². The quantitative estimate of drug-likeness (QED) is 0.509. The highest BCUT2D eigenvalue weighted by Crippen LogP contribution is 2.34. The maximum absolute atomic E-state index is 13.0. The molecule has 2 N–H and O–H groups in total. The summed E-state index contributed by atoms with van der Waals surface area (Å²) in [5.74, 6) is 0.0762. The van der Waals surface area contributed by atoms with Crippen LogP contribution in [0.25, 0.3) is 10.9 Å². The number of hydrogen-bond acceptors (Lipinski definition) is 5. The highest BCUT2D eigenvalue weighted by atomic mass is 19.4. The second kappa shape index (κ2) is 8.66. The fourth-order valence-corrected chi connectivity index (χ4v) is 3.22. The van der Waals surface area contributed by atoms with Gasteiger partial charge in [-0.3, -0.25) is 9.48 Å². The minimum absolute atomic E-state index is 0.328. The van der Waals surface area contributed by atoms with Crippen molar-refractivity contribution >= 4 is 22.5 Å². The molecule has 0 saturated heterocycles. The number of nitrogens with one attached hydrogen (secondary N) is 1. The molecule has 1 amide bonds. The number of anilines is 1. The van der Waals surface area contributed by atoms with E-state index in [1.807, 2.05) is 0 Å². The molecular weight excluding hydrogens is 437 g/mol. The minimum atomic E-state index is -4.65. The van der Waals surface area contributed by atoms with Gasteiger partial charge in [-0.15, -0.1) is 0 Å². The molecule has 176 valence electrons. The summed E-state index contributed by atoms with van der Waals surface area (Å²) in [5, 5.41) is 17.8. The number of ether oxygens (including phenoxy) is 1. The van der Waals surface area contributed by atoms with Gasteiger partial charge in [0.05, 0.1) is 23.4 Å². The predicted molar refractivity (Wildman–Crippen MR) is 116 cm³/mol. The van der Waals surface area contributed by atoms with Gasteiger partial charge in [-0.2, -0.15) is 18.3 Å². The van der Waals surface area contributed by atoms with Crippen molar-refractivity contribution in [2.24, 2.45) is 5.92 Å². The average molecular weight is 462 g/mol. The van der Waals surface area contributed by atoms with Crippen LogP contribution in [0.2, 0.25) is 0 Å². The first-order valence-corrected chi connectivity index (χ1v) is 10.7. The lowest BCUT2D eigenvalue weighted by molar-refractivity contribution is -0.141. The van der Waals surface area contributed by atoms with Gasteiger partial charge >= 0.3 is 6.18 Å². The molecule has 2 heterocycles. The zero-order valence-corrected chi connectivity index (χ0v) is 18.3. The number of rotatable bonds is 8. The van der Waals surface area contributed by atoms with Crippen molar-refractivity contribution < 1.29 is 27.8 Å². The minimum Gasteiger partial charge on any atom is -0.491 e. The van der Waals surface area contributed by atoms with Gasteiger partial charge in [0.25, 0.3) is 5.91 Å². The van der Waals surface area contributed by atoms with Crippen molar-refractivity contribution in [2.75, 3.05) is 11.9 Å². The maximum atomic E-state index is 13.0. The molecule has 1 fully saturated rings. The number of carbonyl (C=O) groups excluding carboxylic acids is 1. The molecule has 33 heavy (non-hydrogen) atoms. The number of nitrogens with zero attached hydrogens (tertiary/aromatic N) is 3. The normalized spacial score (nSPS) is 14.5. The lowest BCUT2D eigenvalue weighted by atomic mass is 10.1. The number of hydrogen-bond donors (Lipinski definition) is 2. The molecule has 0 aliphatic heterocycles. The molecule has 1 aliphatic carbocycles. The Balaban J connectivity index is 1.61.